The van der Waals surface area contributed by atoms with Gasteiger partial charge in [0.1, 0.15) is 0 Å². The number of hydrogen-bond acceptors (Lipinski definition) is 6. The fraction of sp³-hybridized carbons (Fsp3) is 0.273. The van der Waals surface area contributed by atoms with Gasteiger partial charge in [-0.25, -0.2) is 4.68 Å². The Morgan fingerprint density at radius 2 is 2.19 bits per heavy atom. The van der Waals surface area contributed by atoms with Gasteiger partial charge in [-0.2, -0.15) is 0 Å². The topological polar surface area (TPSA) is 98.7 Å². The lowest BCUT2D eigenvalue weighted by atomic mass is 10.3. The zero-order valence-electron chi connectivity index (χ0n) is 10.8. The smallest absolute Gasteiger partial charge is 0.234 e. The molecule has 1 heterocycles. The molecule has 2 rings (SSSR count). The second kappa shape index (κ2) is 7.60. The molecule has 0 saturated heterocycles. The number of carbonyl (C=O) groups is 1. The Labute approximate surface area is 135 Å². The first-order valence-electron chi connectivity index (χ1n) is 5.94. The summed E-state index contributed by atoms with van der Waals surface area (Å²) in [6.45, 7) is 0.928. The monoisotopic (exact) mass is 346 g/mol. The van der Waals surface area contributed by atoms with Crippen LogP contribution >= 0.6 is 35.0 Å². The Balaban J connectivity index is 1.89. The van der Waals surface area contributed by atoms with Crippen molar-refractivity contribution < 1.29 is 4.79 Å². The van der Waals surface area contributed by atoms with Crippen LogP contribution in [-0.4, -0.2) is 38.4 Å². The summed E-state index contributed by atoms with van der Waals surface area (Å²) < 4.78 is 1.55. The first-order chi connectivity index (χ1) is 10.1. The number of rotatable bonds is 6. The summed E-state index contributed by atoms with van der Waals surface area (Å²) in [4.78, 5) is 11.9. The maximum atomic E-state index is 11.9. The van der Waals surface area contributed by atoms with Gasteiger partial charge in [0.2, 0.25) is 11.1 Å². The van der Waals surface area contributed by atoms with Crippen LogP contribution in [0.3, 0.4) is 0 Å². The Morgan fingerprint density at radius 3 is 2.90 bits per heavy atom. The highest BCUT2D eigenvalue weighted by Gasteiger charge is 2.10. The van der Waals surface area contributed by atoms with E-state index in [1.165, 1.54) is 11.8 Å². The molecule has 0 saturated carbocycles. The van der Waals surface area contributed by atoms with Crippen molar-refractivity contribution >= 4 is 46.6 Å². The molecule has 1 amide bonds. The first kappa shape index (κ1) is 16.0. The number of carbonyl (C=O) groups excluding carboxylic acids is 1. The van der Waals surface area contributed by atoms with E-state index in [4.69, 9.17) is 28.9 Å². The Bertz CT molecular complexity index is 635. The molecule has 1 aromatic heterocycles. The zero-order chi connectivity index (χ0) is 15.2. The van der Waals surface area contributed by atoms with Crippen molar-refractivity contribution in [1.82, 2.24) is 20.2 Å². The van der Waals surface area contributed by atoms with Crippen LogP contribution in [0.1, 0.15) is 0 Å². The SMILES string of the molecule is NCCn1nnnc1SCC(=O)Nc1ccc(Cl)c(Cl)c1. The second-order valence-electron chi connectivity index (χ2n) is 3.94. The summed E-state index contributed by atoms with van der Waals surface area (Å²) >= 11 is 12.9. The van der Waals surface area contributed by atoms with E-state index in [1.807, 2.05) is 0 Å². The number of nitrogens with zero attached hydrogens (tertiary/aromatic N) is 4. The largest absolute Gasteiger partial charge is 0.329 e. The number of tetrazole rings is 1. The van der Waals surface area contributed by atoms with Gasteiger partial charge in [0, 0.05) is 12.2 Å². The highest BCUT2D eigenvalue weighted by molar-refractivity contribution is 7.99. The van der Waals surface area contributed by atoms with E-state index in [1.54, 1.807) is 22.9 Å². The molecule has 2 aromatic rings. The number of nitrogens with two attached hydrogens (primary N) is 1. The maximum absolute atomic E-state index is 11.9. The van der Waals surface area contributed by atoms with Crippen LogP contribution < -0.4 is 11.1 Å². The third-order valence-electron chi connectivity index (χ3n) is 2.38. The van der Waals surface area contributed by atoms with Crippen molar-refractivity contribution in [2.24, 2.45) is 5.73 Å². The van der Waals surface area contributed by atoms with Crippen LogP contribution in [0.4, 0.5) is 5.69 Å². The number of aromatic nitrogens is 4. The van der Waals surface area contributed by atoms with E-state index in [2.05, 4.69) is 20.8 Å². The molecule has 21 heavy (non-hydrogen) atoms. The van der Waals surface area contributed by atoms with Gasteiger partial charge in [-0.1, -0.05) is 35.0 Å². The molecule has 0 aliphatic heterocycles. The quantitative estimate of drug-likeness (QED) is 0.772. The molecule has 0 unspecified atom stereocenters. The number of anilines is 1. The fourth-order valence-corrected chi connectivity index (χ4v) is 2.47. The standard InChI is InChI=1S/C11H12Cl2N6OS/c12-8-2-1-7(5-9(8)13)15-10(20)6-21-11-16-17-18-19(11)4-3-14/h1-2,5H,3-4,6,14H2,(H,15,20). The average molecular weight is 347 g/mol. The molecule has 0 fully saturated rings. The summed E-state index contributed by atoms with van der Waals surface area (Å²) in [5.41, 5.74) is 6.03. The molecule has 0 atom stereocenters. The van der Waals surface area contributed by atoms with Crippen LogP contribution in [0.15, 0.2) is 23.4 Å². The molecule has 7 nitrogen and oxygen atoms in total. The van der Waals surface area contributed by atoms with Gasteiger partial charge in [-0.05, 0) is 28.6 Å². The molecule has 0 aliphatic rings. The molecule has 10 heteroatoms. The number of benzene rings is 1. The lowest BCUT2D eigenvalue weighted by Gasteiger charge is -2.06. The predicted molar refractivity (Wildman–Crippen MR) is 82.7 cm³/mol. The van der Waals surface area contributed by atoms with Crippen molar-refractivity contribution in [3.8, 4) is 0 Å². The van der Waals surface area contributed by atoms with E-state index in [0.29, 0.717) is 34.0 Å². The minimum absolute atomic E-state index is 0.172. The van der Waals surface area contributed by atoms with E-state index >= 15 is 0 Å². The number of halogens is 2. The normalized spacial score (nSPS) is 10.6. The summed E-state index contributed by atoms with van der Waals surface area (Å²) in [7, 11) is 0. The molecular weight excluding hydrogens is 335 g/mol. The van der Waals surface area contributed by atoms with E-state index in [0.717, 1.165) is 0 Å². The first-order valence-corrected chi connectivity index (χ1v) is 7.68. The fourth-order valence-electron chi connectivity index (χ4n) is 1.46. The minimum atomic E-state index is -0.194. The Kier molecular flexibility index (Phi) is 5.80. The summed E-state index contributed by atoms with van der Waals surface area (Å²) in [6, 6.07) is 4.88. The maximum Gasteiger partial charge on any atom is 0.234 e. The van der Waals surface area contributed by atoms with E-state index in [-0.39, 0.29) is 11.7 Å². The van der Waals surface area contributed by atoms with E-state index < -0.39 is 0 Å². The van der Waals surface area contributed by atoms with Gasteiger partial charge in [0.15, 0.2) is 0 Å². The third kappa shape index (κ3) is 4.57. The van der Waals surface area contributed by atoms with Gasteiger partial charge in [-0.3, -0.25) is 4.79 Å². The molecule has 0 bridgehead atoms. The number of amides is 1. The van der Waals surface area contributed by atoms with Gasteiger partial charge in [0.05, 0.1) is 22.3 Å². The molecular formula is C11H12Cl2N6OS. The summed E-state index contributed by atoms with van der Waals surface area (Å²) in [5.74, 6) is -0.0220. The van der Waals surface area contributed by atoms with Gasteiger partial charge in [0.25, 0.3) is 0 Å². The zero-order valence-corrected chi connectivity index (χ0v) is 13.1. The second-order valence-corrected chi connectivity index (χ2v) is 5.70. The van der Waals surface area contributed by atoms with E-state index in [9.17, 15) is 4.79 Å². The lowest BCUT2D eigenvalue weighted by Crippen LogP contribution is -2.16. The third-order valence-corrected chi connectivity index (χ3v) is 4.07. The molecule has 0 spiro atoms. The highest BCUT2D eigenvalue weighted by atomic mass is 35.5. The van der Waals surface area contributed by atoms with Gasteiger partial charge >= 0.3 is 0 Å². The number of nitrogens with one attached hydrogen (secondary N) is 1. The van der Waals surface area contributed by atoms with Crippen molar-refractivity contribution in [3.63, 3.8) is 0 Å². The number of hydrogen-bond donors (Lipinski definition) is 2. The predicted octanol–water partition coefficient (Wildman–Crippen LogP) is 1.67. The van der Waals surface area contributed by atoms with Crippen molar-refractivity contribution in [1.29, 1.82) is 0 Å². The van der Waals surface area contributed by atoms with Crippen LogP contribution in [0.5, 0.6) is 0 Å². The van der Waals surface area contributed by atoms with Gasteiger partial charge < -0.3 is 11.1 Å². The van der Waals surface area contributed by atoms with Crippen LogP contribution in [0, 0.1) is 0 Å². The average Bonchev–Trinajstić information content (AvgIpc) is 2.89. The van der Waals surface area contributed by atoms with Crippen molar-refractivity contribution in [2.45, 2.75) is 11.7 Å². The Morgan fingerprint density at radius 1 is 1.38 bits per heavy atom. The minimum Gasteiger partial charge on any atom is -0.329 e. The Hall–Kier alpha value is -1.35. The van der Waals surface area contributed by atoms with Gasteiger partial charge in [-0.15, -0.1) is 5.10 Å². The van der Waals surface area contributed by atoms with Crippen LogP contribution in [0.2, 0.25) is 10.0 Å². The van der Waals surface area contributed by atoms with Crippen molar-refractivity contribution in [2.75, 3.05) is 17.6 Å². The van der Waals surface area contributed by atoms with Crippen LogP contribution in [0.25, 0.3) is 0 Å². The van der Waals surface area contributed by atoms with Crippen LogP contribution in [-0.2, 0) is 11.3 Å². The summed E-state index contributed by atoms with van der Waals surface area (Å²) in [6.07, 6.45) is 0. The highest BCUT2D eigenvalue weighted by Crippen LogP contribution is 2.25. The molecule has 112 valence electrons. The summed E-state index contributed by atoms with van der Waals surface area (Å²) in [5, 5.41) is 15.2. The molecule has 1 aromatic carbocycles. The lowest BCUT2D eigenvalue weighted by molar-refractivity contribution is -0.113. The molecule has 0 radical (unpaired) electrons. The number of thioether (sulfide) groups is 1. The van der Waals surface area contributed by atoms with Crippen molar-refractivity contribution in [3.05, 3.63) is 28.2 Å². The molecule has 0 aliphatic carbocycles. The molecule has 3 N–H and O–H groups in total.